The maximum absolute atomic E-state index is 12.8. The molecular formula is C18H22N2O5. The normalized spacial score (nSPS) is 22.3. The molecule has 0 radical (unpaired) electrons. The number of nitrogens with zero attached hydrogens (tertiary/aromatic N) is 1. The standard InChI is InChI=1S/C18H22N2O5/c1-17(2,3)14(21)9-20-15(22)18(4,19-16(20)23)8-11-5-6-12-13(7-11)25-10-24-12/h5-7H,8-10H2,1-4H3,(H,19,23)/t18-/m0/s1. The van der Waals surface area contributed by atoms with E-state index in [1.165, 1.54) is 0 Å². The Hall–Kier alpha value is -2.57. The van der Waals surface area contributed by atoms with E-state index in [4.69, 9.17) is 9.47 Å². The van der Waals surface area contributed by atoms with Crippen molar-refractivity contribution in [3.8, 4) is 11.5 Å². The van der Waals surface area contributed by atoms with Crippen LogP contribution in [0.25, 0.3) is 0 Å². The van der Waals surface area contributed by atoms with Gasteiger partial charge in [0.25, 0.3) is 5.91 Å². The molecule has 0 saturated carbocycles. The van der Waals surface area contributed by atoms with Gasteiger partial charge in [-0.1, -0.05) is 26.8 Å². The SMILES string of the molecule is CC(C)(C)C(=O)CN1C(=O)N[C@@](C)(Cc2ccc3c(c2)OCO3)C1=O. The van der Waals surface area contributed by atoms with Crippen LogP contribution in [-0.4, -0.2) is 41.5 Å². The molecular weight excluding hydrogens is 324 g/mol. The number of Topliss-reactive ketones (excluding diaryl/α,β-unsaturated/α-hetero) is 1. The predicted molar refractivity (Wildman–Crippen MR) is 89.4 cm³/mol. The molecule has 1 saturated heterocycles. The number of fused-ring (bicyclic) bond motifs is 1. The highest BCUT2D eigenvalue weighted by Gasteiger charge is 2.48. The second kappa shape index (κ2) is 5.75. The molecule has 1 N–H and O–H groups in total. The Morgan fingerprint density at radius 1 is 1.24 bits per heavy atom. The molecule has 3 amide bonds. The molecule has 3 rings (SSSR count). The molecule has 7 nitrogen and oxygen atoms in total. The maximum atomic E-state index is 12.8. The smallest absolute Gasteiger partial charge is 0.325 e. The van der Waals surface area contributed by atoms with Crippen LogP contribution in [0.5, 0.6) is 11.5 Å². The minimum atomic E-state index is -1.09. The van der Waals surface area contributed by atoms with E-state index in [2.05, 4.69) is 5.32 Å². The van der Waals surface area contributed by atoms with Crippen LogP contribution >= 0.6 is 0 Å². The summed E-state index contributed by atoms with van der Waals surface area (Å²) in [5.74, 6) is 0.724. The predicted octanol–water partition coefficient (Wildman–Crippen LogP) is 1.88. The molecule has 1 atom stereocenters. The average Bonchev–Trinajstić information content (AvgIpc) is 3.04. The third-order valence-electron chi connectivity index (χ3n) is 4.48. The lowest BCUT2D eigenvalue weighted by Crippen LogP contribution is -2.46. The molecule has 25 heavy (non-hydrogen) atoms. The fraction of sp³-hybridized carbons (Fsp3) is 0.500. The van der Waals surface area contributed by atoms with Crippen LogP contribution in [0.1, 0.15) is 33.3 Å². The first-order valence-electron chi connectivity index (χ1n) is 8.16. The fourth-order valence-electron chi connectivity index (χ4n) is 2.85. The van der Waals surface area contributed by atoms with Gasteiger partial charge in [0.05, 0.1) is 6.54 Å². The Morgan fingerprint density at radius 3 is 2.60 bits per heavy atom. The minimum absolute atomic E-state index is 0.164. The highest BCUT2D eigenvalue weighted by molar-refractivity contribution is 6.09. The van der Waals surface area contributed by atoms with Gasteiger partial charge in [-0.25, -0.2) is 4.79 Å². The second-order valence-corrected chi connectivity index (χ2v) is 7.69. The number of carbonyl (C=O) groups is 3. The van der Waals surface area contributed by atoms with Crippen molar-refractivity contribution in [2.45, 2.75) is 39.7 Å². The Labute approximate surface area is 146 Å². The van der Waals surface area contributed by atoms with E-state index in [0.29, 0.717) is 17.9 Å². The van der Waals surface area contributed by atoms with Crippen LogP contribution in [0, 0.1) is 5.41 Å². The Morgan fingerprint density at radius 2 is 1.92 bits per heavy atom. The van der Waals surface area contributed by atoms with Crippen LogP contribution in [0.3, 0.4) is 0 Å². The molecule has 0 bridgehead atoms. The molecule has 2 heterocycles. The molecule has 0 spiro atoms. The van der Waals surface area contributed by atoms with Gasteiger partial charge in [0.1, 0.15) is 5.54 Å². The first-order chi connectivity index (χ1) is 11.6. The van der Waals surface area contributed by atoms with Crippen LogP contribution < -0.4 is 14.8 Å². The summed E-state index contributed by atoms with van der Waals surface area (Å²) in [5.41, 5.74) is -0.871. The molecule has 0 aliphatic carbocycles. The van der Waals surface area contributed by atoms with Crippen LogP contribution in [0.4, 0.5) is 4.79 Å². The van der Waals surface area contributed by atoms with E-state index in [9.17, 15) is 14.4 Å². The van der Waals surface area contributed by atoms with Crippen LogP contribution in [0.15, 0.2) is 18.2 Å². The lowest BCUT2D eigenvalue weighted by Gasteiger charge is -2.23. The van der Waals surface area contributed by atoms with Crippen molar-refractivity contribution in [3.63, 3.8) is 0 Å². The molecule has 1 aromatic rings. The van der Waals surface area contributed by atoms with Gasteiger partial charge in [-0.05, 0) is 24.6 Å². The summed E-state index contributed by atoms with van der Waals surface area (Å²) >= 11 is 0. The molecule has 1 fully saturated rings. The van der Waals surface area contributed by atoms with Gasteiger partial charge in [0.15, 0.2) is 17.3 Å². The van der Waals surface area contributed by atoms with E-state index in [-0.39, 0.29) is 19.1 Å². The number of imide groups is 1. The molecule has 134 valence electrons. The van der Waals surface area contributed by atoms with Crippen molar-refractivity contribution < 1.29 is 23.9 Å². The lowest BCUT2D eigenvalue weighted by molar-refractivity contribution is -0.136. The summed E-state index contributed by atoms with van der Waals surface area (Å²) in [5, 5.41) is 2.72. The quantitative estimate of drug-likeness (QED) is 0.842. The highest BCUT2D eigenvalue weighted by Crippen LogP contribution is 2.34. The highest BCUT2D eigenvalue weighted by atomic mass is 16.7. The molecule has 7 heteroatoms. The third kappa shape index (κ3) is 3.18. The number of ketones is 1. The van der Waals surface area contributed by atoms with Gasteiger partial charge >= 0.3 is 6.03 Å². The van der Waals surface area contributed by atoms with E-state index >= 15 is 0 Å². The largest absolute Gasteiger partial charge is 0.454 e. The van der Waals surface area contributed by atoms with Crippen molar-refractivity contribution in [2.24, 2.45) is 5.41 Å². The van der Waals surface area contributed by atoms with E-state index in [1.54, 1.807) is 39.8 Å². The number of amides is 3. The lowest BCUT2D eigenvalue weighted by atomic mass is 9.89. The van der Waals surface area contributed by atoms with Gasteiger partial charge in [-0.15, -0.1) is 0 Å². The van der Waals surface area contributed by atoms with Gasteiger partial charge < -0.3 is 14.8 Å². The topological polar surface area (TPSA) is 84.9 Å². The van der Waals surface area contributed by atoms with Gasteiger partial charge in [0.2, 0.25) is 6.79 Å². The molecule has 2 aliphatic rings. The van der Waals surface area contributed by atoms with Crippen molar-refractivity contribution in [3.05, 3.63) is 23.8 Å². The van der Waals surface area contributed by atoms with E-state index < -0.39 is 22.9 Å². The number of hydrogen-bond donors (Lipinski definition) is 1. The van der Waals surface area contributed by atoms with E-state index in [0.717, 1.165) is 10.5 Å². The maximum Gasteiger partial charge on any atom is 0.325 e. The van der Waals surface area contributed by atoms with Crippen LogP contribution in [0.2, 0.25) is 0 Å². The van der Waals surface area contributed by atoms with Crippen molar-refractivity contribution in [1.29, 1.82) is 0 Å². The van der Waals surface area contributed by atoms with Crippen molar-refractivity contribution in [2.75, 3.05) is 13.3 Å². The Kier molecular flexibility index (Phi) is 3.97. The zero-order valence-corrected chi connectivity index (χ0v) is 14.8. The van der Waals surface area contributed by atoms with Crippen molar-refractivity contribution in [1.82, 2.24) is 10.2 Å². The zero-order valence-electron chi connectivity index (χ0n) is 14.8. The monoisotopic (exact) mass is 346 g/mol. The summed E-state index contributed by atoms with van der Waals surface area (Å²) in [7, 11) is 0. The van der Waals surface area contributed by atoms with Gasteiger partial charge in [-0.2, -0.15) is 0 Å². The van der Waals surface area contributed by atoms with Gasteiger partial charge in [0, 0.05) is 11.8 Å². The second-order valence-electron chi connectivity index (χ2n) is 7.69. The number of rotatable bonds is 4. The van der Waals surface area contributed by atoms with Crippen LogP contribution in [-0.2, 0) is 16.0 Å². The summed E-state index contributed by atoms with van der Waals surface area (Å²) in [6.07, 6.45) is 0.300. The first kappa shape index (κ1) is 17.3. The Balaban J connectivity index is 1.77. The number of ether oxygens (including phenoxy) is 2. The summed E-state index contributed by atoms with van der Waals surface area (Å²) < 4.78 is 10.6. The fourth-order valence-corrected chi connectivity index (χ4v) is 2.85. The zero-order chi connectivity index (χ0) is 18.4. The summed E-state index contributed by atoms with van der Waals surface area (Å²) in [4.78, 5) is 38.2. The minimum Gasteiger partial charge on any atom is -0.454 e. The number of nitrogens with one attached hydrogen (secondary N) is 1. The molecule has 0 aromatic heterocycles. The number of hydrogen-bond acceptors (Lipinski definition) is 5. The summed E-state index contributed by atoms with van der Waals surface area (Å²) in [6.45, 7) is 6.91. The van der Waals surface area contributed by atoms with Gasteiger partial charge in [-0.3, -0.25) is 14.5 Å². The molecule has 1 aromatic carbocycles. The average molecular weight is 346 g/mol. The number of carbonyl (C=O) groups excluding carboxylic acids is 3. The summed E-state index contributed by atoms with van der Waals surface area (Å²) in [6, 6.07) is 4.88. The number of urea groups is 1. The first-order valence-corrected chi connectivity index (χ1v) is 8.16. The third-order valence-corrected chi connectivity index (χ3v) is 4.48. The number of benzene rings is 1. The molecule has 2 aliphatic heterocycles. The Bertz CT molecular complexity index is 752. The van der Waals surface area contributed by atoms with Crippen molar-refractivity contribution >= 4 is 17.7 Å². The van der Waals surface area contributed by atoms with E-state index in [1.807, 2.05) is 6.07 Å². The molecule has 0 unspecified atom stereocenters.